The average molecular weight is 522 g/mol. The topological polar surface area (TPSA) is 95.6 Å². The van der Waals surface area contributed by atoms with Crippen LogP contribution in [0.5, 0.6) is 0 Å². The number of amides is 2. The lowest BCUT2D eigenvalue weighted by molar-refractivity contribution is -0.141. The second kappa shape index (κ2) is 13.7. The van der Waals surface area contributed by atoms with Gasteiger partial charge in [-0.15, -0.1) is 0 Å². The van der Waals surface area contributed by atoms with Gasteiger partial charge >= 0.3 is 0 Å². The van der Waals surface area contributed by atoms with E-state index < -0.39 is 16.1 Å². The van der Waals surface area contributed by atoms with Crippen molar-refractivity contribution < 1.29 is 18.0 Å². The van der Waals surface area contributed by atoms with Crippen molar-refractivity contribution in [2.24, 2.45) is 0 Å². The monoisotopic (exact) mass is 521 g/mol. The Morgan fingerprint density at radius 2 is 1.38 bits per heavy atom. The lowest BCUT2D eigenvalue weighted by atomic mass is 10.0. The Kier molecular flexibility index (Phi) is 10.4. The smallest absolute Gasteiger partial charge is 0.243 e. The summed E-state index contributed by atoms with van der Waals surface area (Å²) in [6, 6.07) is 25.2. The summed E-state index contributed by atoms with van der Waals surface area (Å²) in [4.78, 5) is 28.6. The van der Waals surface area contributed by atoms with Crippen LogP contribution in [0.25, 0.3) is 0 Å². The van der Waals surface area contributed by atoms with Crippen molar-refractivity contribution in [2.45, 2.75) is 50.6 Å². The first-order valence-electron chi connectivity index (χ1n) is 12.6. The van der Waals surface area contributed by atoms with E-state index in [-0.39, 0.29) is 23.1 Å². The maximum Gasteiger partial charge on any atom is 0.243 e. The SMILES string of the molecule is CCNC(=O)[C@@H](Cc1ccccc1)N(Cc1ccccc1)C(=O)CCc1ccc(S(=O)(=O)NCC)cc1. The van der Waals surface area contributed by atoms with Gasteiger partial charge in [0.2, 0.25) is 21.8 Å². The third kappa shape index (κ3) is 8.27. The highest BCUT2D eigenvalue weighted by molar-refractivity contribution is 7.89. The maximum absolute atomic E-state index is 13.6. The predicted octanol–water partition coefficient (Wildman–Crippen LogP) is 3.69. The third-order valence-electron chi connectivity index (χ3n) is 6.01. The Labute approximate surface area is 220 Å². The molecule has 0 saturated carbocycles. The standard InChI is InChI=1S/C29H35N3O4S/c1-3-30-29(34)27(21-24-11-7-5-8-12-24)32(22-25-13-9-6-10-14-25)28(33)20-17-23-15-18-26(19-16-23)37(35,36)31-4-2/h5-16,18-19,27,31H,3-4,17,20-22H2,1-2H3,(H,30,34)/t27-/m1/s1. The fraction of sp³-hybridized carbons (Fsp3) is 0.310. The molecule has 3 aromatic carbocycles. The van der Waals surface area contributed by atoms with Crippen LogP contribution in [0.3, 0.4) is 0 Å². The molecule has 0 aliphatic rings. The Hall–Kier alpha value is -3.49. The van der Waals surface area contributed by atoms with Crippen LogP contribution in [0.2, 0.25) is 0 Å². The number of aryl methyl sites for hydroxylation is 1. The van der Waals surface area contributed by atoms with E-state index in [9.17, 15) is 18.0 Å². The minimum Gasteiger partial charge on any atom is -0.355 e. The molecular weight excluding hydrogens is 486 g/mol. The van der Waals surface area contributed by atoms with Crippen LogP contribution >= 0.6 is 0 Å². The molecule has 8 heteroatoms. The molecule has 2 amide bonds. The van der Waals surface area contributed by atoms with Gasteiger partial charge in [-0.05, 0) is 42.2 Å². The predicted molar refractivity (Wildman–Crippen MR) is 145 cm³/mol. The number of nitrogens with zero attached hydrogens (tertiary/aromatic N) is 1. The number of carbonyl (C=O) groups excluding carboxylic acids is 2. The van der Waals surface area contributed by atoms with Crippen molar-refractivity contribution in [3.05, 3.63) is 102 Å². The third-order valence-corrected chi connectivity index (χ3v) is 7.57. The summed E-state index contributed by atoms with van der Waals surface area (Å²) < 4.78 is 26.9. The molecule has 3 aromatic rings. The van der Waals surface area contributed by atoms with Crippen molar-refractivity contribution in [1.82, 2.24) is 14.9 Å². The van der Waals surface area contributed by atoms with E-state index in [1.54, 1.807) is 36.1 Å². The molecule has 2 N–H and O–H groups in total. The Bertz CT molecular complexity index is 1250. The molecule has 3 rings (SSSR count). The van der Waals surface area contributed by atoms with E-state index in [1.807, 2.05) is 67.6 Å². The zero-order valence-electron chi connectivity index (χ0n) is 21.4. The molecule has 0 aromatic heterocycles. The lowest BCUT2D eigenvalue weighted by Gasteiger charge is -2.31. The van der Waals surface area contributed by atoms with Gasteiger partial charge in [-0.2, -0.15) is 0 Å². The van der Waals surface area contributed by atoms with Gasteiger partial charge in [-0.3, -0.25) is 9.59 Å². The molecule has 196 valence electrons. The molecule has 0 aliphatic carbocycles. The summed E-state index contributed by atoms with van der Waals surface area (Å²) in [5.74, 6) is -0.325. The first-order chi connectivity index (χ1) is 17.8. The summed E-state index contributed by atoms with van der Waals surface area (Å²) >= 11 is 0. The van der Waals surface area contributed by atoms with Crippen molar-refractivity contribution in [1.29, 1.82) is 0 Å². The van der Waals surface area contributed by atoms with Gasteiger partial charge in [0.05, 0.1) is 4.90 Å². The lowest BCUT2D eigenvalue weighted by Crippen LogP contribution is -2.50. The minimum atomic E-state index is -3.53. The van der Waals surface area contributed by atoms with E-state index >= 15 is 0 Å². The van der Waals surface area contributed by atoms with Crippen LogP contribution in [0, 0.1) is 0 Å². The number of benzene rings is 3. The molecule has 0 fully saturated rings. The number of hydrogen-bond acceptors (Lipinski definition) is 4. The quantitative estimate of drug-likeness (QED) is 0.359. The normalized spacial score (nSPS) is 12.1. The first kappa shape index (κ1) is 28.1. The molecule has 0 heterocycles. The second-order valence-electron chi connectivity index (χ2n) is 8.75. The zero-order chi connectivity index (χ0) is 26.7. The van der Waals surface area contributed by atoms with Gasteiger partial charge < -0.3 is 10.2 Å². The largest absolute Gasteiger partial charge is 0.355 e. The molecule has 37 heavy (non-hydrogen) atoms. The Balaban J connectivity index is 1.82. The highest BCUT2D eigenvalue weighted by Gasteiger charge is 2.30. The molecular formula is C29H35N3O4S. The number of nitrogens with one attached hydrogen (secondary N) is 2. The minimum absolute atomic E-state index is 0.139. The number of carbonyl (C=O) groups is 2. The van der Waals surface area contributed by atoms with E-state index in [2.05, 4.69) is 10.0 Å². The molecule has 0 spiro atoms. The molecule has 7 nitrogen and oxygen atoms in total. The van der Waals surface area contributed by atoms with Gasteiger partial charge in [0.1, 0.15) is 6.04 Å². The van der Waals surface area contributed by atoms with Crippen molar-refractivity contribution >= 4 is 21.8 Å². The van der Waals surface area contributed by atoms with E-state index in [4.69, 9.17) is 0 Å². The van der Waals surface area contributed by atoms with Gasteiger partial charge in [0.25, 0.3) is 0 Å². The highest BCUT2D eigenvalue weighted by Crippen LogP contribution is 2.18. The number of rotatable bonds is 13. The van der Waals surface area contributed by atoms with Crippen molar-refractivity contribution in [3.8, 4) is 0 Å². The van der Waals surface area contributed by atoms with Crippen LogP contribution in [-0.4, -0.2) is 44.3 Å². The maximum atomic E-state index is 13.6. The second-order valence-corrected chi connectivity index (χ2v) is 10.5. The van der Waals surface area contributed by atoms with Crippen molar-refractivity contribution in [3.63, 3.8) is 0 Å². The molecule has 0 saturated heterocycles. The van der Waals surface area contributed by atoms with Crippen LogP contribution in [0.15, 0.2) is 89.8 Å². The summed E-state index contributed by atoms with van der Waals surface area (Å²) in [7, 11) is -3.53. The molecule has 0 bridgehead atoms. The van der Waals surface area contributed by atoms with Gasteiger partial charge in [0.15, 0.2) is 0 Å². The number of hydrogen-bond donors (Lipinski definition) is 2. The Morgan fingerprint density at radius 3 is 1.95 bits per heavy atom. The van der Waals surface area contributed by atoms with Crippen LogP contribution in [0.4, 0.5) is 0 Å². The van der Waals surface area contributed by atoms with Crippen LogP contribution < -0.4 is 10.0 Å². The molecule has 0 aliphatic heterocycles. The van der Waals surface area contributed by atoms with Gasteiger partial charge in [-0.25, -0.2) is 13.1 Å². The highest BCUT2D eigenvalue weighted by atomic mass is 32.2. The fourth-order valence-electron chi connectivity index (χ4n) is 4.13. The summed E-state index contributed by atoms with van der Waals surface area (Å²) in [5, 5.41) is 2.90. The van der Waals surface area contributed by atoms with Crippen LogP contribution in [0.1, 0.15) is 37.0 Å². The average Bonchev–Trinajstić information content (AvgIpc) is 2.91. The van der Waals surface area contributed by atoms with E-state index in [0.29, 0.717) is 32.5 Å². The van der Waals surface area contributed by atoms with Crippen LogP contribution in [-0.2, 0) is 39.0 Å². The number of sulfonamides is 1. The molecule has 1 atom stereocenters. The fourth-order valence-corrected chi connectivity index (χ4v) is 5.17. The molecule has 0 unspecified atom stereocenters. The van der Waals surface area contributed by atoms with E-state index in [1.165, 1.54) is 0 Å². The van der Waals surface area contributed by atoms with Crippen molar-refractivity contribution in [2.75, 3.05) is 13.1 Å². The summed E-state index contributed by atoms with van der Waals surface area (Å²) in [6.07, 6.45) is 1.03. The summed E-state index contributed by atoms with van der Waals surface area (Å²) in [6.45, 7) is 4.69. The summed E-state index contributed by atoms with van der Waals surface area (Å²) in [5.41, 5.74) is 2.76. The van der Waals surface area contributed by atoms with Gasteiger partial charge in [0, 0.05) is 32.5 Å². The first-order valence-corrected chi connectivity index (χ1v) is 14.1. The van der Waals surface area contributed by atoms with E-state index in [0.717, 1.165) is 16.7 Å². The zero-order valence-corrected chi connectivity index (χ0v) is 22.2. The molecule has 0 radical (unpaired) electrons. The van der Waals surface area contributed by atoms with Gasteiger partial charge in [-0.1, -0.05) is 79.7 Å². The number of likely N-dealkylation sites (N-methyl/N-ethyl adjacent to an activating group) is 1. The Morgan fingerprint density at radius 1 is 0.784 bits per heavy atom.